The average Bonchev–Trinajstić information content (AvgIpc) is 2.37. The van der Waals surface area contributed by atoms with Crippen molar-refractivity contribution in [3.8, 4) is 11.3 Å². The fraction of sp³-hybridized carbons (Fsp3) is 0.214. The molecule has 2 rings (SSSR count). The zero-order chi connectivity index (χ0) is 12.1. The number of anilines is 1. The Morgan fingerprint density at radius 2 is 2.00 bits per heavy atom. The van der Waals surface area contributed by atoms with Gasteiger partial charge in [0.1, 0.15) is 11.6 Å². The Hall–Kier alpha value is -1.90. The molecule has 1 heterocycles. The van der Waals surface area contributed by atoms with Gasteiger partial charge >= 0.3 is 0 Å². The maximum atomic E-state index is 13.1. The molecule has 0 saturated carbocycles. The molecule has 17 heavy (non-hydrogen) atoms. The van der Waals surface area contributed by atoms with Crippen LogP contribution in [0.1, 0.15) is 13.3 Å². The predicted octanol–water partition coefficient (Wildman–Crippen LogP) is 3.71. The Balaban J connectivity index is 2.26. The summed E-state index contributed by atoms with van der Waals surface area (Å²) in [4.78, 5) is 4.44. The lowest BCUT2D eigenvalue weighted by molar-refractivity contribution is 0.628. The molecule has 0 saturated heterocycles. The van der Waals surface area contributed by atoms with Crippen molar-refractivity contribution in [1.29, 1.82) is 0 Å². The van der Waals surface area contributed by atoms with Crippen LogP contribution in [0.15, 0.2) is 42.5 Å². The Bertz CT molecular complexity index is 497. The van der Waals surface area contributed by atoms with Gasteiger partial charge in [0, 0.05) is 12.1 Å². The van der Waals surface area contributed by atoms with E-state index in [1.165, 1.54) is 12.1 Å². The van der Waals surface area contributed by atoms with Crippen molar-refractivity contribution in [2.45, 2.75) is 13.3 Å². The van der Waals surface area contributed by atoms with Crippen LogP contribution >= 0.6 is 0 Å². The van der Waals surface area contributed by atoms with Gasteiger partial charge in [-0.2, -0.15) is 0 Å². The van der Waals surface area contributed by atoms with Crippen LogP contribution in [0.25, 0.3) is 11.3 Å². The molecule has 0 aliphatic carbocycles. The van der Waals surface area contributed by atoms with Gasteiger partial charge in [-0.25, -0.2) is 9.37 Å². The molecule has 3 heteroatoms. The van der Waals surface area contributed by atoms with E-state index in [9.17, 15) is 4.39 Å². The molecule has 0 amide bonds. The zero-order valence-electron chi connectivity index (χ0n) is 9.78. The molecule has 1 N–H and O–H groups in total. The molecule has 88 valence electrons. The smallest absolute Gasteiger partial charge is 0.126 e. The highest BCUT2D eigenvalue weighted by Gasteiger charge is 2.01. The van der Waals surface area contributed by atoms with Crippen molar-refractivity contribution in [3.63, 3.8) is 0 Å². The summed E-state index contributed by atoms with van der Waals surface area (Å²) < 4.78 is 13.1. The van der Waals surface area contributed by atoms with E-state index in [0.29, 0.717) is 0 Å². The average molecular weight is 230 g/mol. The maximum absolute atomic E-state index is 13.1. The van der Waals surface area contributed by atoms with Crippen LogP contribution in [0.2, 0.25) is 0 Å². The first kappa shape index (κ1) is 11.6. The third kappa shape index (κ3) is 3.03. The second-order valence-electron chi connectivity index (χ2n) is 3.85. The van der Waals surface area contributed by atoms with Gasteiger partial charge in [-0.05, 0) is 30.7 Å². The Morgan fingerprint density at radius 3 is 2.76 bits per heavy atom. The van der Waals surface area contributed by atoms with Crippen molar-refractivity contribution in [2.24, 2.45) is 0 Å². The lowest BCUT2D eigenvalue weighted by Crippen LogP contribution is -2.01. The van der Waals surface area contributed by atoms with Crippen LogP contribution in [0.3, 0.4) is 0 Å². The van der Waals surface area contributed by atoms with Crippen LogP contribution in [-0.4, -0.2) is 11.5 Å². The fourth-order valence-electron chi connectivity index (χ4n) is 1.59. The Morgan fingerprint density at radius 1 is 1.18 bits per heavy atom. The highest BCUT2D eigenvalue weighted by Crippen LogP contribution is 2.19. The van der Waals surface area contributed by atoms with E-state index in [2.05, 4.69) is 17.2 Å². The summed E-state index contributed by atoms with van der Waals surface area (Å²) in [5.74, 6) is 0.588. The van der Waals surface area contributed by atoms with Gasteiger partial charge in [0.2, 0.25) is 0 Å². The lowest BCUT2D eigenvalue weighted by atomic mass is 10.1. The second-order valence-corrected chi connectivity index (χ2v) is 3.85. The molecule has 0 fully saturated rings. The standard InChI is InChI=1S/C14H15FN2/c1-2-9-16-14-8-4-7-13(17-14)11-5-3-6-12(15)10-11/h3-8,10H,2,9H2,1H3,(H,16,17). The van der Waals surface area contributed by atoms with Gasteiger partial charge in [-0.1, -0.05) is 25.1 Å². The predicted molar refractivity (Wildman–Crippen MR) is 68.4 cm³/mol. The summed E-state index contributed by atoms with van der Waals surface area (Å²) in [5.41, 5.74) is 1.58. The largest absolute Gasteiger partial charge is 0.370 e. The topological polar surface area (TPSA) is 24.9 Å². The van der Waals surface area contributed by atoms with Crippen molar-refractivity contribution < 1.29 is 4.39 Å². The van der Waals surface area contributed by atoms with Gasteiger partial charge in [0.05, 0.1) is 5.69 Å². The number of nitrogens with zero attached hydrogens (tertiary/aromatic N) is 1. The first-order chi connectivity index (χ1) is 8.29. The molecule has 1 aromatic heterocycles. The minimum atomic E-state index is -0.240. The molecule has 0 atom stereocenters. The number of pyridine rings is 1. The second kappa shape index (κ2) is 5.43. The van der Waals surface area contributed by atoms with Crippen LogP contribution in [-0.2, 0) is 0 Å². The summed E-state index contributed by atoms with van der Waals surface area (Å²) in [6, 6.07) is 12.2. The van der Waals surface area contributed by atoms with E-state index in [0.717, 1.165) is 30.0 Å². The number of rotatable bonds is 4. The first-order valence-electron chi connectivity index (χ1n) is 5.76. The molecular formula is C14H15FN2. The summed E-state index contributed by atoms with van der Waals surface area (Å²) >= 11 is 0. The van der Waals surface area contributed by atoms with Crippen LogP contribution in [0.5, 0.6) is 0 Å². The lowest BCUT2D eigenvalue weighted by Gasteiger charge is -2.06. The van der Waals surface area contributed by atoms with E-state index >= 15 is 0 Å². The van der Waals surface area contributed by atoms with Crippen LogP contribution in [0, 0.1) is 5.82 Å². The molecule has 2 nitrogen and oxygen atoms in total. The molecule has 0 aliphatic heterocycles. The molecule has 2 aromatic rings. The quantitative estimate of drug-likeness (QED) is 0.866. The Kier molecular flexibility index (Phi) is 3.70. The van der Waals surface area contributed by atoms with Crippen molar-refractivity contribution in [2.75, 3.05) is 11.9 Å². The summed E-state index contributed by atoms with van der Waals surface area (Å²) in [5, 5.41) is 3.21. The van der Waals surface area contributed by atoms with Crippen molar-refractivity contribution >= 4 is 5.82 Å². The molecule has 1 aromatic carbocycles. The van der Waals surface area contributed by atoms with Gasteiger partial charge in [-0.15, -0.1) is 0 Å². The van der Waals surface area contributed by atoms with Crippen molar-refractivity contribution in [1.82, 2.24) is 4.98 Å². The van der Waals surface area contributed by atoms with Gasteiger partial charge in [0.25, 0.3) is 0 Å². The highest BCUT2D eigenvalue weighted by molar-refractivity contribution is 5.61. The van der Waals surface area contributed by atoms with E-state index in [1.807, 2.05) is 24.3 Å². The normalized spacial score (nSPS) is 10.2. The molecule has 0 spiro atoms. The number of nitrogens with one attached hydrogen (secondary N) is 1. The maximum Gasteiger partial charge on any atom is 0.126 e. The number of benzene rings is 1. The molecule has 0 radical (unpaired) electrons. The molecule has 0 aliphatic rings. The zero-order valence-corrected chi connectivity index (χ0v) is 9.78. The number of halogens is 1. The van der Waals surface area contributed by atoms with Gasteiger partial charge in [-0.3, -0.25) is 0 Å². The summed E-state index contributed by atoms with van der Waals surface area (Å²) in [7, 11) is 0. The van der Waals surface area contributed by atoms with E-state index < -0.39 is 0 Å². The summed E-state index contributed by atoms with van der Waals surface area (Å²) in [6.07, 6.45) is 1.05. The fourth-order valence-corrected chi connectivity index (χ4v) is 1.59. The highest BCUT2D eigenvalue weighted by atomic mass is 19.1. The number of aromatic nitrogens is 1. The monoisotopic (exact) mass is 230 g/mol. The molecule has 0 unspecified atom stereocenters. The van der Waals surface area contributed by atoms with Crippen LogP contribution in [0.4, 0.5) is 10.2 Å². The van der Waals surface area contributed by atoms with E-state index in [-0.39, 0.29) is 5.82 Å². The van der Waals surface area contributed by atoms with Crippen molar-refractivity contribution in [3.05, 3.63) is 48.3 Å². The minimum absolute atomic E-state index is 0.240. The molecule has 0 bridgehead atoms. The summed E-state index contributed by atoms with van der Waals surface area (Å²) in [6.45, 7) is 2.99. The van der Waals surface area contributed by atoms with E-state index in [4.69, 9.17) is 0 Å². The van der Waals surface area contributed by atoms with Gasteiger partial charge < -0.3 is 5.32 Å². The first-order valence-corrected chi connectivity index (χ1v) is 5.76. The third-order valence-electron chi connectivity index (χ3n) is 2.43. The third-order valence-corrected chi connectivity index (χ3v) is 2.43. The molecular weight excluding hydrogens is 215 g/mol. The van der Waals surface area contributed by atoms with Gasteiger partial charge in [0.15, 0.2) is 0 Å². The van der Waals surface area contributed by atoms with Crippen LogP contribution < -0.4 is 5.32 Å². The number of hydrogen-bond acceptors (Lipinski definition) is 2. The van der Waals surface area contributed by atoms with E-state index in [1.54, 1.807) is 6.07 Å². The Labute approximate surface area is 101 Å². The number of hydrogen-bond donors (Lipinski definition) is 1. The minimum Gasteiger partial charge on any atom is -0.370 e. The SMILES string of the molecule is CCCNc1cccc(-c2cccc(F)c2)n1.